The molecule has 4 N–H and O–H groups in total. The Morgan fingerprint density at radius 1 is 1.21 bits per heavy atom. The van der Waals surface area contributed by atoms with Crippen LogP contribution in [0.4, 0.5) is 24.8 Å². The van der Waals surface area contributed by atoms with E-state index < -0.39 is 18.0 Å². The van der Waals surface area contributed by atoms with Crippen LogP contribution in [-0.2, 0) is 11.0 Å². The summed E-state index contributed by atoms with van der Waals surface area (Å²) in [4.78, 5) is 24.0. The quantitative estimate of drug-likeness (QED) is 0.447. The van der Waals surface area contributed by atoms with E-state index >= 15 is 0 Å². The summed E-state index contributed by atoms with van der Waals surface area (Å²) in [5, 5.41) is 14.3. The van der Waals surface area contributed by atoms with Gasteiger partial charge in [-0.25, -0.2) is 15.0 Å². The van der Waals surface area contributed by atoms with Crippen molar-refractivity contribution in [1.29, 1.82) is 0 Å². The molecule has 1 unspecified atom stereocenters. The summed E-state index contributed by atoms with van der Waals surface area (Å²) in [5.41, 5.74) is 6.59. The number of rotatable bonds is 6. The number of primary amides is 1. The number of hydrogen-bond donors (Lipinski definition) is 3. The van der Waals surface area contributed by atoms with E-state index in [1.165, 1.54) is 11.3 Å². The van der Waals surface area contributed by atoms with E-state index in [0.29, 0.717) is 36.4 Å². The first-order chi connectivity index (χ1) is 16.1. The van der Waals surface area contributed by atoms with Crippen LogP contribution in [0, 0.1) is 18.8 Å². The first-order valence-corrected chi connectivity index (χ1v) is 11.6. The second-order valence-corrected chi connectivity index (χ2v) is 9.56. The summed E-state index contributed by atoms with van der Waals surface area (Å²) >= 11 is 1.36. The molecule has 1 aliphatic carbocycles. The Kier molecular flexibility index (Phi) is 6.85. The Morgan fingerprint density at radius 2 is 1.94 bits per heavy atom. The third-order valence-corrected chi connectivity index (χ3v) is 7.08. The molecule has 1 atom stereocenters. The van der Waals surface area contributed by atoms with Crippen LogP contribution in [0.15, 0.2) is 36.7 Å². The highest BCUT2D eigenvalue weighted by Gasteiger charge is 2.33. The van der Waals surface area contributed by atoms with Crippen molar-refractivity contribution in [2.45, 2.75) is 44.9 Å². The summed E-state index contributed by atoms with van der Waals surface area (Å²) < 4.78 is 38.8. The molecule has 0 radical (unpaired) electrons. The zero-order valence-corrected chi connectivity index (χ0v) is 19.2. The highest BCUT2D eigenvalue weighted by atomic mass is 32.1. The molecule has 1 aliphatic rings. The maximum absolute atomic E-state index is 12.9. The molecule has 1 saturated carbocycles. The number of anilines is 2. The molecule has 2 heterocycles. The first-order valence-electron chi connectivity index (χ1n) is 10.8. The molecule has 11 heteroatoms. The number of hydrogen-bond acceptors (Lipinski definition) is 7. The minimum atomic E-state index is -4.56. The van der Waals surface area contributed by atoms with Crippen molar-refractivity contribution in [3.63, 3.8) is 0 Å². The van der Waals surface area contributed by atoms with Crippen LogP contribution in [0.3, 0.4) is 0 Å². The van der Waals surface area contributed by atoms with Gasteiger partial charge in [0.05, 0.1) is 4.88 Å². The van der Waals surface area contributed by atoms with Gasteiger partial charge in [-0.3, -0.25) is 4.79 Å². The van der Waals surface area contributed by atoms with Gasteiger partial charge in [-0.2, -0.15) is 13.2 Å². The van der Waals surface area contributed by atoms with E-state index in [1.54, 1.807) is 18.3 Å². The van der Waals surface area contributed by atoms with Gasteiger partial charge in [-0.05, 0) is 67.9 Å². The number of amides is 1. The fourth-order valence-corrected chi connectivity index (χ4v) is 5.17. The van der Waals surface area contributed by atoms with Crippen LogP contribution < -0.4 is 11.1 Å². The van der Waals surface area contributed by atoms with Gasteiger partial charge in [-0.15, -0.1) is 11.3 Å². The molecule has 0 aliphatic heterocycles. The van der Waals surface area contributed by atoms with Crippen LogP contribution in [0.5, 0.6) is 0 Å². The maximum atomic E-state index is 12.9. The van der Waals surface area contributed by atoms with Crippen LogP contribution >= 0.6 is 11.3 Å². The first kappa shape index (κ1) is 24.1. The van der Waals surface area contributed by atoms with Crippen LogP contribution in [0.1, 0.15) is 48.1 Å². The summed E-state index contributed by atoms with van der Waals surface area (Å²) in [7, 11) is 0. The van der Waals surface area contributed by atoms with Gasteiger partial charge < -0.3 is 16.2 Å². The number of carbonyl (C=O) groups is 1. The number of aryl methyl sites for hydroxylation is 1. The maximum Gasteiger partial charge on any atom is 0.433 e. The Bertz CT molecular complexity index is 1180. The molecule has 0 spiro atoms. The zero-order chi connectivity index (χ0) is 24.5. The SMILES string of the molecule is Cc1cc(Nc2nccc(C(F)(F)F)n2)cc(-c2cnc(C(O)C3CCC(C(N)=O)CC3)s2)c1. The lowest BCUT2D eigenvalue weighted by Crippen LogP contribution is -2.29. The highest BCUT2D eigenvalue weighted by molar-refractivity contribution is 7.15. The molecule has 1 amide bonds. The fraction of sp³-hybridized carbons (Fsp3) is 0.391. The molecule has 0 bridgehead atoms. The Hall–Kier alpha value is -3.05. The number of aromatic nitrogens is 3. The van der Waals surface area contributed by atoms with E-state index in [9.17, 15) is 23.1 Å². The predicted octanol–water partition coefficient (Wildman–Crippen LogP) is 5.00. The van der Waals surface area contributed by atoms with Gasteiger partial charge >= 0.3 is 6.18 Å². The number of aliphatic hydroxyl groups is 1. The zero-order valence-electron chi connectivity index (χ0n) is 18.3. The Balaban J connectivity index is 1.50. The number of nitrogens with one attached hydrogen (secondary N) is 1. The molecule has 2 aromatic heterocycles. The summed E-state index contributed by atoms with van der Waals surface area (Å²) in [5.74, 6) is -0.557. The third-order valence-electron chi connectivity index (χ3n) is 5.96. The lowest BCUT2D eigenvalue weighted by molar-refractivity contribution is -0.141. The van der Waals surface area contributed by atoms with Crippen LogP contribution in [0.25, 0.3) is 10.4 Å². The molecule has 1 aromatic carbocycles. The van der Waals surface area contributed by atoms with Gasteiger partial charge in [0.15, 0.2) is 0 Å². The molecule has 4 rings (SSSR count). The molecular weight excluding hydrogens is 467 g/mol. The summed E-state index contributed by atoms with van der Waals surface area (Å²) in [6.45, 7) is 1.87. The fourth-order valence-electron chi connectivity index (χ4n) is 4.18. The Morgan fingerprint density at radius 3 is 2.62 bits per heavy atom. The second kappa shape index (κ2) is 9.67. The Labute approximate surface area is 198 Å². The summed E-state index contributed by atoms with van der Waals surface area (Å²) in [6, 6.07) is 6.30. The average molecular weight is 492 g/mol. The van der Waals surface area contributed by atoms with Gasteiger partial charge in [0.2, 0.25) is 11.9 Å². The predicted molar refractivity (Wildman–Crippen MR) is 122 cm³/mol. The highest BCUT2D eigenvalue weighted by Crippen LogP contribution is 2.40. The summed E-state index contributed by atoms with van der Waals surface area (Å²) in [6.07, 6.45) is 0.197. The van der Waals surface area contributed by atoms with Crippen LogP contribution in [0.2, 0.25) is 0 Å². The number of nitrogens with two attached hydrogens (primary N) is 1. The topological polar surface area (TPSA) is 114 Å². The number of thiazole rings is 1. The third kappa shape index (κ3) is 5.53. The molecule has 34 heavy (non-hydrogen) atoms. The van der Waals surface area contributed by atoms with E-state index in [2.05, 4.69) is 20.3 Å². The van der Waals surface area contributed by atoms with Gasteiger partial charge in [0, 0.05) is 24.0 Å². The number of halogens is 3. The number of alkyl halides is 3. The van der Waals surface area contributed by atoms with Crippen molar-refractivity contribution >= 4 is 28.9 Å². The number of benzene rings is 1. The average Bonchev–Trinajstić information content (AvgIpc) is 3.28. The number of carbonyl (C=O) groups excluding carboxylic acids is 1. The number of aliphatic hydroxyl groups excluding tert-OH is 1. The van der Waals surface area contributed by atoms with E-state index in [0.717, 1.165) is 28.3 Å². The minimum absolute atomic E-state index is 0.0161. The van der Waals surface area contributed by atoms with E-state index in [4.69, 9.17) is 5.73 Å². The van der Waals surface area contributed by atoms with Gasteiger partial charge in [-0.1, -0.05) is 6.07 Å². The van der Waals surface area contributed by atoms with Crippen LogP contribution in [-0.4, -0.2) is 26.0 Å². The smallest absolute Gasteiger partial charge is 0.386 e. The van der Waals surface area contributed by atoms with E-state index in [-0.39, 0.29) is 23.7 Å². The molecule has 7 nitrogen and oxygen atoms in total. The molecule has 0 saturated heterocycles. The largest absolute Gasteiger partial charge is 0.433 e. The molecule has 180 valence electrons. The normalized spacial score (nSPS) is 19.6. The van der Waals surface area contributed by atoms with Gasteiger partial charge in [0.1, 0.15) is 16.8 Å². The lowest BCUT2D eigenvalue weighted by atomic mass is 9.79. The van der Waals surface area contributed by atoms with E-state index in [1.807, 2.05) is 13.0 Å². The van der Waals surface area contributed by atoms with Crippen molar-refractivity contribution in [2.24, 2.45) is 17.6 Å². The molecule has 3 aromatic rings. The van der Waals surface area contributed by atoms with Gasteiger partial charge in [0.25, 0.3) is 0 Å². The van der Waals surface area contributed by atoms with Crippen molar-refractivity contribution < 1.29 is 23.1 Å². The molecule has 1 fully saturated rings. The second-order valence-electron chi connectivity index (χ2n) is 8.50. The standard InChI is InChI=1S/C23H24F3N5O2S/c1-12-8-15(10-16(9-12)30-22-28-7-6-18(31-22)23(24,25)26)17-11-29-21(34-17)19(32)13-2-4-14(5-3-13)20(27)33/h6-11,13-14,19,32H,2-5H2,1H3,(H2,27,33)(H,28,30,31). The van der Waals surface area contributed by atoms with Crippen molar-refractivity contribution in [3.05, 3.63) is 52.9 Å². The van der Waals surface area contributed by atoms with Crippen molar-refractivity contribution in [3.8, 4) is 10.4 Å². The van der Waals surface area contributed by atoms with Crippen molar-refractivity contribution in [1.82, 2.24) is 15.0 Å². The monoisotopic (exact) mass is 491 g/mol. The lowest BCUT2D eigenvalue weighted by Gasteiger charge is -2.29. The number of nitrogens with zero attached hydrogens (tertiary/aromatic N) is 3. The minimum Gasteiger partial charge on any atom is -0.386 e. The van der Waals surface area contributed by atoms with Crippen molar-refractivity contribution in [2.75, 3.05) is 5.32 Å². The molecular formula is C23H24F3N5O2S.